The van der Waals surface area contributed by atoms with Crippen molar-refractivity contribution in [3.63, 3.8) is 0 Å². The highest BCUT2D eigenvalue weighted by atomic mass is 15.2. The van der Waals surface area contributed by atoms with Crippen molar-refractivity contribution in [2.75, 3.05) is 32.1 Å². The number of nitrogens with two attached hydrogens (primary N) is 1. The summed E-state index contributed by atoms with van der Waals surface area (Å²) in [4.78, 5) is 9.32. The minimum atomic E-state index is 0.564. The van der Waals surface area contributed by atoms with Crippen LogP contribution in [0.1, 0.15) is 24.0 Å². The second kappa shape index (κ2) is 5.67. The first-order valence-corrected chi connectivity index (χ1v) is 6.68. The van der Waals surface area contributed by atoms with E-state index < -0.39 is 0 Å². The number of likely N-dealkylation sites (N-methyl/N-ethyl adjacent to an activating group) is 1. The molecule has 2 rings (SSSR count). The second-order valence-electron chi connectivity index (χ2n) is 5.39. The summed E-state index contributed by atoms with van der Waals surface area (Å²) in [5.74, 6) is 1.12. The second-order valence-corrected chi connectivity index (χ2v) is 5.39. The van der Waals surface area contributed by atoms with Gasteiger partial charge in [-0.2, -0.15) is 0 Å². The molecule has 4 nitrogen and oxygen atoms in total. The van der Waals surface area contributed by atoms with E-state index in [4.69, 9.17) is 5.73 Å². The van der Waals surface area contributed by atoms with E-state index in [1.807, 2.05) is 6.20 Å². The number of rotatable bonds is 3. The molecular formula is C14H24N4. The number of piperidine rings is 1. The Morgan fingerprint density at radius 3 is 2.89 bits per heavy atom. The Balaban J connectivity index is 2.15. The predicted molar refractivity (Wildman–Crippen MR) is 75.8 cm³/mol. The summed E-state index contributed by atoms with van der Waals surface area (Å²) in [7, 11) is 4.32. The third-order valence-electron chi connectivity index (χ3n) is 3.77. The minimum Gasteiger partial charge on any atom is -0.355 e. The Bertz CT molecular complexity index is 403. The first-order chi connectivity index (χ1) is 8.61. The average Bonchev–Trinajstić information content (AvgIpc) is 2.38. The fourth-order valence-electron chi connectivity index (χ4n) is 2.64. The average molecular weight is 248 g/mol. The van der Waals surface area contributed by atoms with Gasteiger partial charge >= 0.3 is 0 Å². The van der Waals surface area contributed by atoms with Crippen molar-refractivity contribution in [1.29, 1.82) is 0 Å². The van der Waals surface area contributed by atoms with E-state index in [1.165, 1.54) is 18.4 Å². The van der Waals surface area contributed by atoms with Gasteiger partial charge in [0.25, 0.3) is 0 Å². The summed E-state index contributed by atoms with van der Waals surface area (Å²) in [5.41, 5.74) is 7.99. The third kappa shape index (κ3) is 2.82. The summed E-state index contributed by atoms with van der Waals surface area (Å²) in [6.45, 7) is 4.87. The number of aromatic nitrogens is 1. The van der Waals surface area contributed by atoms with Gasteiger partial charge in [0.15, 0.2) is 0 Å². The van der Waals surface area contributed by atoms with Gasteiger partial charge in [-0.3, -0.25) is 0 Å². The van der Waals surface area contributed by atoms with Crippen molar-refractivity contribution in [3.8, 4) is 0 Å². The van der Waals surface area contributed by atoms with Crippen molar-refractivity contribution >= 4 is 5.82 Å². The van der Waals surface area contributed by atoms with Crippen molar-refractivity contribution in [3.05, 3.63) is 23.4 Å². The monoisotopic (exact) mass is 248 g/mol. The van der Waals surface area contributed by atoms with Gasteiger partial charge in [0.1, 0.15) is 5.82 Å². The molecule has 1 saturated heterocycles. The summed E-state index contributed by atoms with van der Waals surface area (Å²) in [6, 6.07) is 2.79. The zero-order chi connectivity index (χ0) is 13.1. The zero-order valence-corrected chi connectivity index (χ0v) is 11.7. The van der Waals surface area contributed by atoms with E-state index in [-0.39, 0.29) is 0 Å². The lowest BCUT2D eigenvalue weighted by Gasteiger charge is -2.37. The summed E-state index contributed by atoms with van der Waals surface area (Å²) in [5, 5.41) is 0. The molecule has 0 spiro atoms. The van der Waals surface area contributed by atoms with Gasteiger partial charge in [-0.05, 0) is 51.1 Å². The first-order valence-electron chi connectivity index (χ1n) is 6.68. The van der Waals surface area contributed by atoms with E-state index in [0.717, 1.165) is 24.5 Å². The van der Waals surface area contributed by atoms with E-state index in [0.29, 0.717) is 12.6 Å². The normalized spacial score (nSPS) is 20.5. The molecule has 0 amide bonds. The smallest absolute Gasteiger partial charge is 0.131 e. The Hall–Kier alpha value is -1.13. The Kier molecular flexibility index (Phi) is 4.19. The predicted octanol–water partition coefficient (Wildman–Crippen LogP) is 1.38. The minimum absolute atomic E-state index is 0.564. The molecule has 100 valence electrons. The van der Waals surface area contributed by atoms with Crippen LogP contribution in [0.25, 0.3) is 0 Å². The molecule has 0 aromatic carbocycles. The van der Waals surface area contributed by atoms with Crippen LogP contribution in [0.5, 0.6) is 0 Å². The SMILES string of the molecule is Cc1cc(CN)cnc1N1CCCC(N(C)C)C1. The highest BCUT2D eigenvalue weighted by molar-refractivity contribution is 5.48. The first kappa shape index (κ1) is 13.3. The lowest BCUT2D eigenvalue weighted by atomic mass is 10.0. The number of aryl methyl sites for hydroxylation is 1. The third-order valence-corrected chi connectivity index (χ3v) is 3.77. The summed E-state index contributed by atoms with van der Waals surface area (Å²) in [6.07, 6.45) is 4.42. The molecule has 0 radical (unpaired) electrons. The van der Waals surface area contributed by atoms with E-state index in [9.17, 15) is 0 Å². The van der Waals surface area contributed by atoms with Crippen LogP contribution in [0.2, 0.25) is 0 Å². The number of hydrogen-bond acceptors (Lipinski definition) is 4. The van der Waals surface area contributed by atoms with Crippen LogP contribution in [-0.2, 0) is 6.54 Å². The van der Waals surface area contributed by atoms with E-state index in [1.54, 1.807) is 0 Å². The number of hydrogen-bond donors (Lipinski definition) is 1. The fourth-order valence-corrected chi connectivity index (χ4v) is 2.64. The Morgan fingerprint density at radius 2 is 2.28 bits per heavy atom. The van der Waals surface area contributed by atoms with Gasteiger partial charge < -0.3 is 15.5 Å². The standard InChI is InChI=1S/C14H24N4/c1-11-7-12(8-15)9-16-14(11)18-6-4-5-13(10-18)17(2)3/h7,9,13H,4-6,8,10,15H2,1-3H3. The molecule has 1 aromatic heterocycles. The molecular weight excluding hydrogens is 224 g/mol. The van der Waals surface area contributed by atoms with Gasteiger partial charge in [-0.15, -0.1) is 0 Å². The number of nitrogens with zero attached hydrogens (tertiary/aromatic N) is 3. The molecule has 1 aliphatic rings. The maximum Gasteiger partial charge on any atom is 0.131 e. The molecule has 4 heteroatoms. The maximum absolute atomic E-state index is 5.65. The lowest BCUT2D eigenvalue weighted by Crippen LogP contribution is -2.45. The van der Waals surface area contributed by atoms with Crippen molar-refractivity contribution in [2.24, 2.45) is 5.73 Å². The Labute approximate surface area is 110 Å². The molecule has 1 unspecified atom stereocenters. The van der Waals surface area contributed by atoms with E-state index >= 15 is 0 Å². The maximum atomic E-state index is 5.65. The van der Waals surface area contributed by atoms with Gasteiger partial charge in [0, 0.05) is 31.9 Å². The van der Waals surface area contributed by atoms with Crippen LogP contribution in [0, 0.1) is 6.92 Å². The molecule has 0 aliphatic carbocycles. The van der Waals surface area contributed by atoms with Gasteiger partial charge in [0.2, 0.25) is 0 Å². The van der Waals surface area contributed by atoms with Crippen LogP contribution < -0.4 is 10.6 Å². The quantitative estimate of drug-likeness (QED) is 0.878. The molecule has 1 aromatic rings. The largest absolute Gasteiger partial charge is 0.355 e. The molecule has 2 heterocycles. The zero-order valence-electron chi connectivity index (χ0n) is 11.7. The van der Waals surface area contributed by atoms with Crippen LogP contribution >= 0.6 is 0 Å². The topological polar surface area (TPSA) is 45.4 Å². The molecule has 0 bridgehead atoms. The highest BCUT2D eigenvalue weighted by Gasteiger charge is 2.23. The van der Waals surface area contributed by atoms with Gasteiger partial charge in [0.05, 0.1) is 0 Å². The van der Waals surface area contributed by atoms with Crippen molar-refractivity contribution in [2.45, 2.75) is 32.4 Å². The van der Waals surface area contributed by atoms with E-state index in [2.05, 4.69) is 41.9 Å². The molecule has 18 heavy (non-hydrogen) atoms. The van der Waals surface area contributed by atoms with Gasteiger partial charge in [-0.1, -0.05) is 0 Å². The van der Waals surface area contributed by atoms with Crippen molar-refractivity contribution < 1.29 is 0 Å². The molecule has 1 aliphatic heterocycles. The molecule has 2 N–H and O–H groups in total. The van der Waals surface area contributed by atoms with Gasteiger partial charge in [-0.25, -0.2) is 4.98 Å². The van der Waals surface area contributed by atoms with Crippen LogP contribution in [0.15, 0.2) is 12.3 Å². The number of pyridine rings is 1. The molecule has 1 atom stereocenters. The Morgan fingerprint density at radius 1 is 1.50 bits per heavy atom. The van der Waals surface area contributed by atoms with Crippen LogP contribution in [-0.4, -0.2) is 43.1 Å². The summed E-state index contributed by atoms with van der Waals surface area (Å²) < 4.78 is 0. The highest BCUT2D eigenvalue weighted by Crippen LogP contribution is 2.23. The number of anilines is 1. The van der Waals surface area contributed by atoms with Crippen LogP contribution in [0.3, 0.4) is 0 Å². The van der Waals surface area contributed by atoms with Crippen molar-refractivity contribution in [1.82, 2.24) is 9.88 Å². The molecule has 1 fully saturated rings. The van der Waals surface area contributed by atoms with Crippen LogP contribution in [0.4, 0.5) is 5.82 Å². The lowest BCUT2D eigenvalue weighted by molar-refractivity contribution is 0.257. The fraction of sp³-hybridized carbons (Fsp3) is 0.643. The molecule has 0 saturated carbocycles. The summed E-state index contributed by atoms with van der Waals surface area (Å²) >= 11 is 0.